The van der Waals surface area contributed by atoms with Crippen molar-refractivity contribution in [1.29, 1.82) is 0 Å². The molecule has 0 heterocycles. The van der Waals surface area contributed by atoms with Crippen molar-refractivity contribution < 1.29 is 19.1 Å². The molecule has 0 spiro atoms. The quantitative estimate of drug-likeness (QED) is 0.202. The van der Waals surface area contributed by atoms with Crippen LogP contribution in [0.2, 0.25) is 5.02 Å². The van der Waals surface area contributed by atoms with Crippen LogP contribution in [0.5, 0.6) is 11.5 Å². The minimum Gasteiger partial charge on any atom is -0.493 e. The predicted octanol–water partition coefficient (Wildman–Crippen LogP) is 5.95. The first kappa shape index (κ1) is 25.7. The average molecular weight is 516 g/mol. The number of nitrogens with zero attached hydrogens (tertiary/aromatic N) is 1. The van der Waals surface area contributed by atoms with Crippen molar-refractivity contribution in [3.63, 3.8) is 0 Å². The number of ether oxygens (including phenoxy) is 2. The maximum atomic E-state index is 12.1. The fourth-order valence-corrected chi connectivity index (χ4v) is 3.88. The normalized spacial score (nSPS) is 10.9. The molecule has 7 nitrogen and oxygen atoms in total. The number of carbonyl (C=O) groups excluding carboxylic acids is 2. The minimum atomic E-state index is -0.382. The van der Waals surface area contributed by atoms with Crippen molar-refractivity contribution in [2.45, 2.75) is 19.4 Å². The van der Waals surface area contributed by atoms with Crippen molar-refractivity contribution in [2.75, 3.05) is 12.4 Å². The summed E-state index contributed by atoms with van der Waals surface area (Å²) in [6, 6.07) is 26.6. The number of rotatable bonds is 10. The Bertz CT molecular complexity index is 1430. The molecule has 188 valence electrons. The molecular formula is C29H26ClN3O4. The Morgan fingerprint density at radius 2 is 1.65 bits per heavy atom. The number of benzene rings is 4. The smallest absolute Gasteiger partial charge is 0.240 e. The third-order valence-electron chi connectivity index (χ3n) is 5.58. The van der Waals surface area contributed by atoms with E-state index in [0.29, 0.717) is 34.4 Å². The number of anilines is 1. The molecule has 0 saturated heterocycles. The maximum Gasteiger partial charge on any atom is 0.240 e. The summed E-state index contributed by atoms with van der Waals surface area (Å²) in [6.07, 6.45) is 1.49. The minimum absolute atomic E-state index is 0.00311. The van der Waals surface area contributed by atoms with Gasteiger partial charge in [0.25, 0.3) is 0 Å². The zero-order chi connectivity index (χ0) is 26.0. The first-order valence-electron chi connectivity index (χ1n) is 11.7. The highest BCUT2D eigenvalue weighted by Crippen LogP contribution is 2.29. The lowest BCUT2D eigenvalue weighted by Crippen LogP contribution is -2.20. The third-order valence-corrected chi connectivity index (χ3v) is 5.91. The molecule has 0 fully saturated rings. The molecule has 4 aromatic rings. The van der Waals surface area contributed by atoms with E-state index in [1.54, 1.807) is 43.5 Å². The Labute approximate surface area is 220 Å². The number of hydrazone groups is 1. The Kier molecular flexibility index (Phi) is 8.73. The molecule has 0 unspecified atom stereocenters. The SMILES string of the molecule is COc1cc(C=NNC(=O)CCC(=O)Nc2ccccc2Cl)ccc1OCc1cccc2ccccc12. The second kappa shape index (κ2) is 12.6. The third kappa shape index (κ3) is 7.08. The fraction of sp³-hybridized carbons (Fsp3) is 0.138. The summed E-state index contributed by atoms with van der Waals surface area (Å²) >= 11 is 6.03. The Morgan fingerprint density at radius 1 is 0.892 bits per heavy atom. The van der Waals surface area contributed by atoms with Crippen molar-refractivity contribution in [3.05, 3.63) is 101 Å². The van der Waals surface area contributed by atoms with E-state index in [1.807, 2.05) is 30.3 Å². The number of amides is 2. The van der Waals surface area contributed by atoms with E-state index in [0.717, 1.165) is 16.3 Å². The van der Waals surface area contributed by atoms with E-state index in [9.17, 15) is 9.59 Å². The predicted molar refractivity (Wildman–Crippen MR) is 146 cm³/mol. The Balaban J connectivity index is 1.28. The molecule has 8 heteroatoms. The molecule has 2 amide bonds. The van der Waals surface area contributed by atoms with Gasteiger partial charge in [-0.15, -0.1) is 0 Å². The monoisotopic (exact) mass is 515 g/mol. The van der Waals surface area contributed by atoms with Gasteiger partial charge in [0, 0.05) is 12.8 Å². The van der Waals surface area contributed by atoms with Crippen LogP contribution in [-0.2, 0) is 16.2 Å². The van der Waals surface area contributed by atoms with E-state index in [4.69, 9.17) is 21.1 Å². The van der Waals surface area contributed by atoms with Gasteiger partial charge in [0.2, 0.25) is 11.8 Å². The molecule has 37 heavy (non-hydrogen) atoms. The van der Waals surface area contributed by atoms with Crippen LogP contribution in [0.1, 0.15) is 24.0 Å². The summed E-state index contributed by atoms with van der Waals surface area (Å²) in [6.45, 7) is 0.394. The summed E-state index contributed by atoms with van der Waals surface area (Å²) < 4.78 is 11.5. The van der Waals surface area contributed by atoms with Crippen LogP contribution in [0.4, 0.5) is 5.69 Å². The lowest BCUT2D eigenvalue weighted by molar-refractivity contribution is -0.124. The number of carbonyl (C=O) groups is 2. The second-order valence-corrected chi connectivity index (χ2v) is 8.57. The van der Waals surface area contributed by atoms with E-state index < -0.39 is 0 Å². The second-order valence-electron chi connectivity index (χ2n) is 8.16. The molecule has 0 radical (unpaired) electrons. The number of hydrogen-bond acceptors (Lipinski definition) is 5. The van der Waals surface area contributed by atoms with Gasteiger partial charge in [0.15, 0.2) is 11.5 Å². The summed E-state index contributed by atoms with van der Waals surface area (Å²) in [5.41, 5.74) is 4.73. The average Bonchev–Trinajstić information content (AvgIpc) is 2.92. The molecule has 2 N–H and O–H groups in total. The van der Waals surface area contributed by atoms with Crippen LogP contribution in [0.3, 0.4) is 0 Å². The highest BCUT2D eigenvalue weighted by molar-refractivity contribution is 6.33. The molecule has 4 aromatic carbocycles. The molecule has 0 aliphatic heterocycles. The van der Waals surface area contributed by atoms with Gasteiger partial charge in [0.05, 0.1) is 24.0 Å². The summed E-state index contributed by atoms with van der Waals surface area (Å²) in [5, 5.41) is 9.39. The largest absolute Gasteiger partial charge is 0.493 e. The highest BCUT2D eigenvalue weighted by atomic mass is 35.5. The van der Waals surface area contributed by atoms with Crippen LogP contribution in [-0.4, -0.2) is 25.1 Å². The zero-order valence-corrected chi connectivity index (χ0v) is 21.0. The number of halogens is 1. The number of nitrogens with one attached hydrogen (secondary N) is 2. The van der Waals surface area contributed by atoms with Gasteiger partial charge in [0.1, 0.15) is 6.61 Å². The standard InChI is InChI=1S/C29H26ClN3O4/c1-36-27-17-20(13-14-26(27)37-19-22-9-6-8-21-7-2-3-10-23(21)22)18-31-33-29(35)16-15-28(34)32-25-12-5-4-11-24(25)30/h2-14,17-18H,15-16,19H2,1H3,(H,32,34)(H,33,35). The molecule has 0 aromatic heterocycles. The molecular weight excluding hydrogens is 490 g/mol. The van der Waals surface area contributed by atoms with Gasteiger partial charge >= 0.3 is 0 Å². The molecule has 0 aliphatic rings. The van der Waals surface area contributed by atoms with Gasteiger partial charge in [-0.1, -0.05) is 66.2 Å². The van der Waals surface area contributed by atoms with Crippen molar-refractivity contribution >= 4 is 46.1 Å². The van der Waals surface area contributed by atoms with Crippen LogP contribution in [0.25, 0.3) is 10.8 Å². The number of hydrogen-bond donors (Lipinski definition) is 2. The van der Waals surface area contributed by atoms with Crippen LogP contribution >= 0.6 is 11.6 Å². The van der Waals surface area contributed by atoms with Gasteiger partial charge in [-0.05, 0) is 52.2 Å². The van der Waals surface area contributed by atoms with Gasteiger partial charge in [-0.2, -0.15) is 5.10 Å². The molecule has 0 aliphatic carbocycles. The van der Waals surface area contributed by atoms with Crippen LogP contribution in [0, 0.1) is 0 Å². The lowest BCUT2D eigenvalue weighted by atomic mass is 10.1. The van der Waals surface area contributed by atoms with Gasteiger partial charge < -0.3 is 14.8 Å². The fourth-order valence-electron chi connectivity index (χ4n) is 3.69. The van der Waals surface area contributed by atoms with E-state index in [-0.39, 0.29) is 24.7 Å². The number of para-hydroxylation sites is 1. The maximum absolute atomic E-state index is 12.1. The van der Waals surface area contributed by atoms with Crippen molar-refractivity contribution in [3.8, 4) is 11.5 Å². The zero-order valence-electron chi connectivity index (χ0n) is 20.2. The van der Waals surface area contributed by atoms with Gasteiger partial charge in [-0.25, -0.2) is 5.43 Å². The van der Waals surface area contributed by atoms with E-state index in [1.165, 1.54) is 6.21 Å². The molecule has 0 bridgehead atoms. The molecule has 0 atom stereocenters. The van der Waals surface area contributed by atoms with Gasteiger partial charge in [-0.3, -0.25) is 9.59 Å². The van der Waals surface area contributed by atoms with Crippen molar-refractivity contribution in [1.82, 2.24) is 5.43 Å². The van der Waals surface area contributed by atoms with E-state index >= 15 is 0 Å². The summed E-state index contributed by atoms with van der Waals surface area (Å²) in [5.74, 6) is 0.455. The topological polar surface area (TPSA) is 89.0 Å². The number of fused-ring (bicyclic) bond motifs is 1. The van der Waals surface area contributed by atoms with Crippen LogP contribution in [0.15, 0.2) is 90.0 Å². The van der Waals surface area contributed by atoms with Crippen molar-refractivity contribution in [2.24, 2.45) is 5.10 Å². The molecule has 4 rings (SSSR count). The Hall–Kier alpha value is -4.36. The molecule has 0 saturated carbocycles. The highest BCUT2D eigenvalue weighted by Gasteiger charge is 2.10. The lowest BCUT2D eigenvalue weighted by Gasteiger charge is -2.12. The summed E-state index contributed by atoms with van der Waals surface area (Å²) in [7, 11) is 1.57. The number of methoxy groups -OCH3 is 1. The first-order chi connectivity index (χ1) is 18.0. The van der Waals surface area contributed by atoms with Crippen LogP contribution < -0.4 is 20.2 Å². The van der Waals surface area contributed by atoms with E-state index in [2.05, 4.69) is 34.0 Å². The first-order valence-corrected chi connectivity index (χ1v) is 12.0. The summed E-state index contributed by atoms with van der Waals surface area (Å²) in [4.78, 5) is 24.1. The Morgan fingerprint density at radius 3 is 2.49 bits per heavy atom.